The van der Waals surface area contributed by atoms with Crippen molar-refractivity contribution < 1.29 is 4.39 Å². The van der Waals surface area contributed by atoms with Crippen molar-refractivity contribution in [1.29, 1.82) is 0 Å². The molecule has 0 saturated carbocycles. The van der Waals surface area contributed by atoms with Crippen LogP contribution in [-0.2, 0) is 6.54 Å². The molecule has 0 spiro atoms. The van der Waals surface area contributed by atoms with Gasteiger partial charge in [0.2, 0.25) is 0 Å². The van der Waals surface area contributed by atoms with Crippen LogP contribution in [0.5, 0.6) is 0 Å². The van der Waals surface area contributed by atoms with E-state index in [1.54, 1.807) is 13.0 Å². The minimum Gasteiger partial charge on any atom is -0.321 e. The summed E-state index contributed by atoms with van der Waals surface area (Å²) in [7, 11) is 0. The summed E-state index contributed by atoms with van der Waals surface area (Å²) in [5.41, 5.74) is 8.52. The second-order valence-electron chi connectivity index (χ2n) is 4.04. The van der Waals surface area contributed by atoms with Gasteiger partial charge < -0.3 is 5.43 Å². The predicted molar refractivity (Wildman–Crippen MR) is 73.1 cm³/mol. The van der Waals surface area contributed by atoms with Crippen LogP contribution in [0.2, 0.25) is 5.02 Å². The van der Waals surface area contributed by atoms with Crippen LogP contribution in [0.4, 0.5) is 10.1 Å². The molecule has 4 heteroatoms. The van der Waals surface area contributed by atoms with Crippen molar-refractivity contribution in [2.45, 2.75) is 13.5 Å². The first-order chi connectivity index (χ1) is 8.66. The normalized spacial score (nSPS) is 10.4. The summed E-state index contributed by atoms with van der Waals surface area (Å²) in [4.78, 5) is 0. The van der Waals surface area contributed by atoms with Crippen LogP contribution in [0.3, 0.4) is 0 Å². The van der Waals surface area contributed by atoms with Crippen LogP contribution in [0.1, 0.15) is 11.1 Å². The average molecular weight is 265 g/mol. The van der Waals surface area contributed by atoms with Gasteiger partial charge in [0.15, 0.2) is 0 Å². The SMILES string of the molecule is Cc1cc(CNNc2ccccc2)c(Cl)cc1F. The summed E-state index contributed by atoms with van der Waals surface area (Å²) >= 11 is 5.98. The van der Waals surface area contributed by atoms with Gasteiger partial charge in [0.1, 0.15) is 5.82 Å². The number of hydrazine groups is 1. The number of nitrogens with one attached hydrogen (secondary N) is 2. The first kappa shape index (κ1) is 12.9. The Morgan fingerprint density at radius 1 is 1.17 bits per heavy atom. The van der Waals surface area contributed by atoms with Crippen LogP contribution >= 0.6 is 11.6 Å². The van der Waals surface area contributed by atoms with E-state index in [4.69, 9.17) is 11.6 Å². The van der Waals surface area contributed by atoms with E-state index in [0.29, 0.717) is 17.1 Å². The topological polar surface area (TPSA) is 24.1 Å². The van der Waals surface area contributed by atoms with Crippen LogP contribution in [0, 0.1) is 12.7 Å². The fourth-order valence-electron chi connectivity index (χ4n) is 1.62. The zero-order valence-corrected chi connectivity index (χ0v) is 10.8. The summed E-state index contributed by atoms with van der Waals surface area (Å²) in [5, 5.41) is 0.431. The lowest BCUT2D eigenvalue weighted by Gasteiger charge is -2.10. The number of hydrogen-bond acceptors (Lipinski definition) is 2. The van der Waals surface area contributed by atoms with Crippen molar-refractivity contribution in [3.63, 3.8) is 0 Å². The lowest BCUT2D eigenvalue weighted by molar-refractivity contribution is 0.617. The van der Waals surface area contributed by atoms with Crippen molar-refractivity contribution in [3.05, 3.63) is 64.4 Å². The summed E-state index contributed by atoms with van der Waals surface area (Å²) in [6, 6.07) is 12.8. The molecule has 0 aliphatic carbocycles. The van der Waals surface area contributed by atoms with E-state index in [1.807, 2.05) is 30.3 Å². The second-order valence-corrected chi connectivity index (χ2v) is 4.44. The minimum absolute atomic E-state index is 0.278. The Kier molecular flexibility index (Phi) is 4.18. The van der Waals surface area contributed by atoms with Crippen LogP contribution in [0.25, 0.3) is 0 Å². The first-order valence-corrected chi connectivity index (χ1v) is 6.03. The molecule has 0 aliphatic rings. The van der Waals surface area contributed by atoms with Crippen molar-refractivity contribution in [3.8, 4) is 0 Å². The molecular weight excluding hydrogens is 251 g/mol. The highest BCUT2D eigenvalue weighted by Gasteiger charge is 2.05. The molecule has 0 amide bonds. The van der Waals surface area contributed by atoms with Gasteiger partial charge in [0, 0.05) is 17.3 Å². The molecule has 0 fully saturated rings. The maximum absolute atomic E-state index is 13.2. The molecule has 0 unspecified atom stereocenters. The molecular formula is C14H14ClFN2. The Morgan fingerprint density at radius 2 is 1.89 bits per heavy atom. The second kappa shape index (κ2) is 5.85. The lowest BCUT2D eigenvalue weighted by Crippen LogP contribution is -2.21. The van der Waals surface area contributed by atoms with Gasteiger partial charge in [0.25, 0.3) is 0 Å². The molecule has 2 aromatic carbocycles. The van der Waals surface area contributed by atoms with Gasteiger partial charge in [-0.2, -0.15) is 0 Å². The van der Waals surface area contributed by atoms with E-state index in [1.165, 1.54) is 6.07 Å². The summed E-state index contributed by atoms with van der Waals surface area (Å²) < 4.78 is 13.2. The quantitative estimate of drug-likeness (QED) is 0.819. The van der Waals surface area contributed by atoms with Crippen LogP contribution < -0.4 is 10.9 Å². The van der Waals surface area contributed by atoms with Gasteiger partial charge in [-0.25, -0.2) is 9.82 Å². The Morgan fingerprint density at radius 3 is 2.61 bits per heavy atom. The molecule has 0 bridgehead atoms. The minimum atomic E-state index is -0.278. The highest BCUT2D eigenvalue weighted by molar-refractivity contribution is 6.31. The molecule has 2 aromatic rings. The Balaban J connectivity index is 1.97. The number of hydrogen-bond donors (Lipinski definition) is 2. The molecule has 18 heavy (non-hydrogen) atoms. The van der Waals surface area contributed by atoms with E-state index in [2.05, 4.69) is 10.9 Å². The average Bonchev–Trinajstić information content (AvgIpc) is 2.37. The van der Waals surface area contributed by atoms with Gasteiger partial charge in [-0.05, 0) is 36.2 Å². The summed E-state index contributed by atoms with van der Waals surface area (Å²) in [6.07, 6.45) is 0. The number of para-hydroxylation sites is 1. The Bertz CT molecular complexity index is 529. The van der Waals surface area contributed by atoms with Crippen LogP contribution in [0.15, 0.2) is 42.5 Å². The Labute approximate surface area is 111 Å². The molecule has 0 aliphatic heterocycles. The third kappa shape index (κ3) is 3.22. The number of aryl methyl sites for hydroxylation is 1. The van der Waals surface area contributed by atoms with Crippen molar-refractivity contribution >= 4 is 17.3 Å². The fourth-order valence-corrected chi connectivity index (χ4v) is 1.83. The van der Waals surface area contributed by atoms with E-state index >= 15 is 0 Å². The van der Waals surface area contributed by atoms with E-state index in [0.717, 1.165) is 11.3 Å². The molecule has 2 rings (SSSR count). The van der Waals surface area contributed by atoms with Gasteiger partial charge in [-0.15, -0.1) is 0 Å². The number of rotatable bonds is 4. The highest BCUT2D eigenvalue weighted by atomic mass is 35.5. The highest BCUT2D eigenvalue weighted by Crippen LogP contribution is 2.20. The molecule has 0 radical (unpaired) electrons. The monoisotopic (exact) mass is 264 g/mol. The molecule has 0 heterocycles. The van der Waals surface area contributed by atoms with E-state index < -0.39 is 0 Å². The maximum atomic E-state index is 13.2. The van der Waals surface area contributed by atoms with E-state index in [-0.39, 0.29) is 5.82 Å². The van der Waals surface area contributed by atoms with Crippen molar-refractivity contribution in [2.75, 3.05) is 5.43 Å². The fraction of sp³-hybridized carbons (Fsp3) is 0.143. The molecule has 2 N–H and O–H groups in total. The van der Waals surface area contributed by atoms with Crippen LogP contribution in [-0.4, -0.2) is 0 Å². The largest absolute Gasteiger partial charge is 0.321 e. The Hall–Kier alpha value is -1.58. The van der Waals surface area contributed by atoms with Gasteiger partial charge in [0.05, 0.1) is 0 Å². The molecule has 0 aromatic heterocycles. The van der Waals surface area contributed by atoms with E-state index in [9.17, 15) is 4.39 Å². The summed E-state index contributed by atoms with van der Waals surface area (Å²) in [6.45, 7) is 2.24. The first-order valence-electron chi connectivity index (χ1n) is 5.65. The lowest BCUT2D eigenvalue weighted by atomic mass is 10.1. The number of benzene rings is 2. The predicted octanol–water partition coefficient (Wildman–Crippen LogP) is 3.90. The zero-order chi connectivity index (χ0) is 13.0. The zero-order valence-electron chi connectivity index (χ0n) is 10.0. The number of halogens is 2. The van der Waals surface area contributed by atoms with Gasteiger partial charge in [-0.1, -0.05) is 35.9 Å². The molecule has 94 valence electrons. The maximum Gasteiger partial charge on any atom is 0.127 e. The van der Waals surface area contributed by atoms with Crippen molar-refractivity contribution in [1.82, 2.24) is 5.43 Å². The molecule has 0 saturated heterocycles. The third-order valence-electron chi connectivity index (χ3n) is 2.61. The standard InChI is InChI=1S/C14H14ClFN2/c1-10-7-11(13(15)8-14(10)16)9-17-18-12-5-3-2-4-6-12/h2-8,17-18H,9H2,1H3. The smallest absolute Gasteiger partial charge is 0.127 e. The molecule has 2 nitrogen and oxygen atoms in total. The van der Waals surface area contributed by atoms with Crippen molar-refractivity contribution in [2.24, 2.45) is 0 Å². The third-order valence-corrected chi connectivity index (χ3v) is 2.96. The molecule has 0 atom stereocenters. The number of anilines is 1. The van der Waals surface area contributed by atoms with Gasteiger partial charge in [-0.3, -0.25) is 0 Å². The van der Waals surface area contributed by atoms with Gasteiger partial charge >= 0.3 is 0 Å². The summed E-state index contributed by atoms with van der Waals surface area (Å²) in [5.74, 6) is -0.278.